The number of allylic oxidation sites excluding steroid dienone is 3. The highest BCUT2D eigenvalue weighted by Crippen LogP contribution is 2.14. The number of methoxy groups -OCH3 is 2. The lowest BCUT2D eigenvalue weighted by atomic mass is 10.0. The predicted molar refractivity (Wildman–Crippen MR) is 94.4 cm³/mol. The summed E-state index contributed by atoms with van der Waals surface area (Å²) < 4.78 is 9.39. The molecular formula is C19H30O5. The van der Waals surface area contributed by atoms with Crippen LogP contribution in [0.3, 0.4) is 0 Å². The van der Waals surface area contributed by atoms with E-state index in [1.165, 1.54) is 19.8 Å². The summed E-state index contributed by atoms with van der Waals surface area (Å²) in [6.45, 7) is 5.85. The molecule has 5 heteroatoms. The zero-order chi connectivity index (χ0) is 18.4. The molecule has 136 valence electrons. The van der Waals surface area contributed by atoms with E-state index in [9.17, 15) is 9.59 Å². The van der Waals surface area contributed by atoms with Crippen LogP contribution >= 0.6 is 0 Å². The quantitative estimate of drug-likeness (QED) is 0.255. The summed E-state index contributed by atoms with van der Waals surface area (Å²) in [6, 6.07) is 0. The van der Waals surface area contributed by atoms with Crippen molar-refractivity contribution in [3.05, 3.63) is 35.5 Å². The van der Waals surface area contributed by atoms with Crippen LogP contribution in [0.1, 0.15) is 51.9 Å². The van der Waals surface area contributed by atoms with Gasteiger partial charge in [0.05, 0.1) is 14.2 Å². The van der Waals surface area contributed by atoms with Crippen LogP contribution < -0.4 is 0 Å². The molecule has 0 aromatic carbocycles. The lowest BCUT2D eigenvalue weighted by Gasteiger charge is -2.06. The number of rotatable bonds is 12. The lowest BCUT2D eigenvalue weighted by molar-refractivity contribution is -0.137. The smallest absolute Gasteiger partial charge is 0.333 e. The van der Waals surface area contributed by atoms with Crippen molar-refractivity contribution in [3.63, 3.8) is 0 Å². The average molecular weight is 338 g/mol. The van der Waals surface area contributed by atoms with E-state index in [-0.39, 0.29) is 18.5 Å². The average Bonchev–Trinajstić information content (AvgIpc) is 2.58. The number of unbranched alkanes of at least 4 members (excludes halogenated alkanes) is 1. The predicted octanol–water partition coefficient (Wildman–Crippen LogP) is 3.48. The Morgan fingerprint density at radius 2 is 1.58 bits per heavy atom. The van der Waals surface area contributed by atoms with Gasteiger partial charge in [-0.15, -0.1) is 0 Å². The Bertz CT molecular complexity index is 474. The molecule has 0 atom stereocenters. The Morgan fingerprint density at radius 1 is 0.958 bits per heavy atom. The SMILES string of the molecule is C=C(CC/C=C(\C)CC/C=C(/CCCCO)C(=O)OC)C(=O)OC. The molecule has 0 aromatic rings. The van der Waals surface area contributed by atoms with Gasteiger partial charge < -0.3 is 14.6 Å². The van der Waals surface area contributed by atoms with Crippen molar-refractivity contribution in [1.82, 2.24) is 0 Å². The fourth-order valence-corrected chi connectivity index (χ4v) is 2.16. The number of hydrogen-bond donors (Lipinski definition) is 1. The molecule has 0 amide bonds. The standard InChI is InChI=1S/C19H30O5/c1-15(9-7-11-16(2)18(21)23-3)10-8-13-17(19(22)24-4)12-5-6-14-20/h9,13,20H,2,5-8,10-12,14H2,1,3-4H3/b15-9+,17-13-. The van der Waals surface area contributed by atoms with E-state index in [0.717, 1.165) is 25.7 Å². The zero-order valence-electron chi connectivity index (χ0n) is 15.1. The number of esters is 2. The molecule has 0 rings (SSSR count). The minimum absolute atomic E-state index is 0.132. The van der Waals surface area contributed by atoms with Gasteiger partial charge in [0.15, 0.2) is 0 Å². The minimum atomic E-state index is -0.366. The Balaban J connectivity index is 4.34. The lowest BCUT2D eigenvalue weighted by Crippen LogP contribution is -2.05. The summed E-state index contributed by atoms with van der Waals surface area (Å²) in [6.07, 6.45) is 8.96. The molecule has 0 saturated carbocycles. The highest BCUT2D eigenvalue weighted by atomic mass is 16.5. The van der Waals surface area contributed by atoms with Crippen LogP contribution in [0.25, 0.3) is 0 Å². The molecule has 0 fully saturated rings. The van der Waals surface area contributed by atoms with Gasteiger partial charge in [0.25, 0.3) is 0 Å². The first-order valence-electron chi connectivity index (χ1n) is 8.26. The zero-order valence-corrected chi connectivity index (χ0v) is 15.1. The molecule has 0 spiro atoms. The summed E-state index contributed by atoms with van der Waals surface area (Å²) in [5.74, 6) is -0.668. The van der Waals surface area contributed by atoms with Gasteiger partial charge in [0, 0.05) is 17.8 Å². The van der Waals surface area contributed by atoms with Gasteiger partial charge >= 0.3 is 11.9 Å². The van der Waals surface area contributed by atoms with Gasteiger partial charge in [-0.3, -0.25) is 0 Å². The molecule has 0 heterocycles. The van der Waals surface area contributed by atoms with Crippen molar-refractivity contribution in [2.24, 2.45) is 0 Å². The van der Waals surface area contributed by atoms with Crippen molar-refractivity contribution < 1.29 is 24.2 Å². The Morgan fingerprint density at radius 3 is 2.17 bits per heavy atom. The van der Waals surface area contributed by atoms with Gasteiger partial charge in [-0.25, -0.2) is 9.59 Å². The van der Waals surface area contributed by atoms with E-state index in [0.29, 0.717) is 30.4 Å². The maximum absolute atomic E-state index is 11.7. The van der Waals surface area contributed by atoms with Gasteiger partial charge in [-0.2, -0.15) is 0 Å². The normalized spacial score (nSPS) is 12.0. The first-order chi connectivity index (χ1) is 11.5. The summed E-state index contributed by atoms with van der Waals surface area (Å²) in [5.41, 5.74) is 2.33. The summed E-state index contributed by atoms with van der Waals surface area (Å²) in [7, 11) is 2.72. The topological polar surface area (TPSA) is 72.8 Å². The molecule has 0 bridgehead atoms. The second kappa shape index (κ2) is 13.5. The van der Waals surface area contributed by atoms with E-state index >= 15 is 0 Å². The van der Waals surface area contributed by atoms with Crippen LogP contribution in [0.15, 0.2) is 35.5 Å². The van der Waals surface area contributed by atoms with Crippen molar-refractivity contribution in [2.75, 3.05) is 20.8 Å². The van der Waals surface area contributed by atoms with E-state index < -0.39 is 0 Å². The summed E-state index contributed by atoms with van der Waals surface area (Å²) >= 11 is 0. The molecule has 0 radical (unpaired) electrons. The van der Waals surface area contributed by atoms with Crippen molar-refractivity contribution in [3.8, 4) is 0 Å². The van der Waals surface area contributed by atoms with E-state index in [2.05, 4.69) is 17.4 Å². The first-order valence-corrected chi connectivity index (χ1v) is 8.26. The number of carbonyl (C=O) groups is 2. The van der Waals surface area contributed by atoms with Crippen LogP contribution in [-0.2, 0) is 19.1 Å². The third kappa shape index (κ3) is 10.0. The monoisotopic (exact) mass is 338 g/mol. The van der Waals surface area contributed by atoms with Crippen molar-refractivity contribution >= 4 is 11.9 Å². The molecule has 0 aliphatic rings. The fraction of sp³-hybridized carbons (Fsp3) is 0.579. The van der Waals surface area contributed by atoms with Crippen LogP contribution in [0.5, 0.6) is 0 Å². The molecule has 1 N–H and O–H groups in total. The summed E-state index contributed by atoms with van der Waals surface area (Å²) in [4.78, 5) is 22.9. The molecule has 0 saturated heterocycles. The van der Waals surface area contributed by atoms with E-state index in [1.807, 2.05) is 13.0 Å². The van der Waals surface area contributed by atoms with Crippen molar-refractivity contribution in [2.45, 2.75) is 51.9 Å². The van der Waals surface area contributed by atoms with Gasteiger partial charge in [0.2, 0.25) is 0 Å². The fourth-order valence-electron chi connectivity index (χ4n) is 2.16. The van der Waals surface area contributed by atoms with Crippen LogP contribution in [-0.4, -0.2) is 37.9 Å². The van der Waals surface area contributed by atoms with Crippen LogP contribution in [0.2, 0.25) is 0 Å². The summed E-state index contributed by atoms with van der Waals surface area (Å²) in [5, 5.41) is 8.82. The highest BCUT2D eigenvalue weighted by Gasteiger charge is 2.08. The molecular weight excluding hydrogens is 308 g/mol. The first kappa shape index (κ1) is 22.1. The van der Waals surface area contributed by atoms with Crippen LogP contribution in [0, 0.1) is 0 Å². The third-order valence-corrected chi connectivity index (χ3v) is 3.64. The molecule has 24 heavy (non-hydrogen) atoms. The van der Waals surface area contributed by atoms with Gasteiger partial charge in [0.1, 0.15) is 0 Å². The number of hydrogen-bond acceptors (Lipinski definition) is 5. The molecule has 5 nitrogen and oxygen atoms in total. The van der Waals surface area contributed by atoms with E-state index in [4.69, 9.17) is 9.84 Å². The largest absolute Gasteiger partial charge is 0.466 e. The Labute approximate surface area is 145 Å². The molecule has 0 aliphatic heterocycles. The van der Waals surface area contributed by atoms with Crippen LogP contribution in [0.4, 0.5) is 0 Å². The Kier molecular flexibility index (Phi) is 12.5. The molecule has 0 aromatic heterocycles. The van der Waals surface area contributed by atoms with Gasteiger partial charge in [-0.05, 0) is 51.9 Å². The molecule has 0 unspecified atom stereocenters. The molecule has 0 aliphatic carbocycles. The second-order valence-corrected chi connectivity index (χ2v) is 5.62. The highest BCUT2D eigenvalue weighted by molar-refractivity contribution is 5.88. The minimum Gasteiger partial charge on any atom is -0.466 e. The van der Waals surface area contributed by atoms with Gasteiger partial charge in [-0.1, -0.05) is 24.3 Å². The number of carbonyl (C=O) groups excluding carboxylic acids is 2. The second-order valence-electron chi connectivity index (χ2n) is 5.62. The number of ether oxygens (including phenoxy) is 2. The van der Waals surface area contributed by atoms with Crippen molar-refractivity contribution in [1.29, 1.82) is 0 Å². The van der Waals surface area contributed by atoms with E-state index in [1.54, 1.807) is 0 Å². The Hall–Kier alpha value is -1.88. The number of aliphatic hydroxyl groups excluding tert-OH is 1. The third-order valence-electron chi connectivity index (χ3n) is 3.64. The maximum Gasteiger partial charge on any atom is 0.333 e. The maximum atomic E-state index is 11.7. The number of aliphatic hydroxyl groups is 1.